The Balaban J connectivity index is 1.66. The molecule has 2 aliphatic heterocycles. The van der Waals surface area contributed by atoms with Crippen molar-refractivity contribution in [3.05, 3.63) is 71.0 Å². The Labute approximate surface area is 152 Å². The summed E-state index contributed by atoms with van der Waals surface area (Å²) in [6.07, 6.45) is 0.00981. The Morgan fingerprint density at radius 3 is 2.62 bits per heavy atom. The van der Waals surface area contributed by atoms with Crippen LogP contribution in [0.3, 0.4) is 0 Å². The van der Waals surface area contributed by atoms with Gasteiger partial charge >= 0.3 is 0 Å². The zero-order chi connectivity index (χ0) is 18.1. The molecule has 26 heavy (non-hydrogen) atoms. The average Bonchev–Trinajstić information content (AvgIpc) is 3.06. The lowest BCUT2D eigenvalue weighted by Crippen LogP contribution is -2.41. The van der Waals surface area contributed by atoms with Crippen molar-refractivity contribution in [2.75, 3.05) is 19.6 Å². The molecular weight excluding hydrogens is 334 g/mol. The Hall–Kier alpha value is -2.27. The molecule has 1 fully saturated rings. The zero-order valence-electron chi connectivity index (χ0n) is 14.5. The third-order valence-corrected chi connectivity index (χ3v) is 5.48. The minimum absolute atomic E-state index is 0.0369. The van der Waals surface area contributed by atoms with E-state index in [-0.39, 0.29) is 30.1 Å². The molecule has 1 saturated heterocycles. The molecule has 0 aromatic heterocycles. The van der Waals surface area contributed by atoms with Crippen LogP contribution in [0.4, 0.5) is 8.78 Å². The highest BCUT2D eigenvalue weighted by Gasteiger charge is 2.35. The number of fused-ring (bicyclic) bond motifs is 1. The van der Waals surface area contributed by atoms with Gasteiger partial charge in [0.1, 0.15) is 12.0 Å². The standard InChI is InChI=1S/C21H22F2N2O/c22-17-7-5-15(6-8-17)21-18-4-2-1-3-14(18)9-10-25(21)20(26)11-16-12-24-13-19(16)23/h1-8,16,19,21,24H,9-13H2/t16-,19+,21-/m0/s1. The molecule has 2 aliphatic rings. The number of hydrogen-bond donors (Lipinski definition) is 1. The van der Waals surface area contributed by atoms with E-state index in [1.807, 2.05) is 23.1 Å². The zero-order valence-corrected chi connectivity index (χ0v) is 14.5. The van der Waals surface area contributed by atoms with Crippen molar-refractivity contribution in [1.82, 2.24) is 10.2 Å². The van der Waals surface area contributed by atoms with E-state index in [4.69, 9.17) is 0 Å². The predicted octanol–water partition coefficient (Wildman–Crippen LogP) is 3.25. The molecule has 136 valence electrons. The first-order chi connectivity index (χ1) is 12.6. The number of amides is 1. The van der Waals surface area contributed by atoms with Crippen LogP contribution in [-0.2, 0) is 11.2 Å². The lowest BCUT2D eigenvalue weighted by atomic mass is 9.87. The summed E-state index contributed by atoms with van der Waals surface area (Å²) in [6, 6.07) is 14.1. The molecule has 3 nitrogen and oxygen atoms in total. The van der Waals surface area contributed by atoms with Crippen molar-refractivity contribution < 1.29 is 13.6 Å². The molecule has 0 unspecified atom stereocenters. The van der Waals surface area contributed by atoms with Crippen LogP contribution in [-0.4, -0.2) is 36.6 Å². The van der Waals surface area contributed by atoms with E-state index in [0.717, 1.165) is 17.5 Å². The molecule has 1 N–H and O–H groups in total. The minimum atomic E-state index is -0.972. The van der Waals surface area contributed by atoms with Gasteiger partial charge in [0.2, 0.25) is 5.91 Å². The largest absolute Gasteiger partial charge is 0.331 e. The van der Waals surface area contributed by atoms with Gasteiger partial charge in [-0.1, -0.05) is 36.4 Å². The third kappa shape index (κ3) is 3.23. The Morgan fingerprint density at radius 1 is 1.12 bits per heavy atom. The number of halogens is 2. The second kappa shape index (κ2) is 7.16. The van der Waals surface area contributed by atoms with Gasteiger partial charge in [-0.25, -0.2) is 8.78 Å². The summed E-state index contributed by atoms with van der Waals surface area (Å²) < 4.78 is 27.3. The summed E-state index contributed by atoms with van der Waals surface area (Å²) in [6.45, 7) is 1.45. The van der Waals surface area contributed by atoms with Crippen LogP contribution < -0.4 is 5.32 Å². The van der Waals surface area contributed by atoms with Gasteiger partial charge in [-0.05, 0) is 35.2 Å². The van der Waals surface area contributed by atoms with Crippen LogP contribution in [0.2, 0.25) is 0 Å². The van der Waals surface area contributed by atoms with Gasteiger partial charge in [0.15, 0.2) is 0 Å². The molecule has 4 rings (SSSR count). The number of carbonyl (C=O) groups excluding carboxylic acids is 1. The number of rotatable bonds is 3. The quantitative estimate of drug-likeness (QED) is 0.916. The van der Waals surface area contributed by atoms with E-state index >= 15 is 0 Å². The molecule has 2 heterocycles. The Bertz CT molecular complexity index is 793. The van der Waals surface area contributed by atoms with Gasteiger partial charge in [0.25, 0.3) is 0 Å². The molecule has 0 spiro atoms. The highest BCUT2D eigenvalue weighted by molar-refractivity contribution is 5.78. The van der Waals surface area contributed by atoms with Crippen LogP contribution >= 0.6 is 0 Å². The van der Waals surface area contributed by atoms with Gasteiger partial charge in [-0.15, -0.1) is 0 Å². The molecule has 5 heteroatoms. The second-order valence-electron chi connectivity index (χ2n) is 7.13. The average molecular weight is 356 g/mol. The van der Waals surface area contributed by atoms with E-state index in [2.05, 4.69) is 11.4 Å². The molecule has 0 bridgehead atoms. The summed E-state index contributed by atoms with van der Waals surface area (Å²) in [4.78, 5) is 14.9. The van der Waals surface area contributed by atoms with E-state index in [0.29, 0.717) is 19.6 Å². The Kier molecular flexibility index (Phi) is 4.72. The summed E-state index contributed by atoms with van der Waals surface area (Å²) >= 11 is 0. The molecule has 2 aromatic carbocycles. The van der Waals surface area contributed by atoms with Crippen molar-refractivity contribution in [1.29, 1.82) is 0 Å². The summed E-state index contributed by atoms with van der Waals surface area (Å²) in [7, 11) is 0. The highest BCUT2D eigenvalue weighted by Crippen LogP contribution is 2.36. The smallest absolute Gasteiger partial charge is 0.223 e. The molecule has 1 amide bonds. The van der Waals surface area contributed by atoms with Crippen LogP contribution in [0.15, 0.2) is 48.5 Å². The number of benzene rings is 2. The summed E-state index contributed by atoms with van der Waals surface area (Å²) in [5, 5.41) is 3.01. The number of alkyl halides is 1. The second-order valence-corrected chi connectivity index (χ2v) is 7.13. The maximum absolute atomic E-state index is 13.9. The van der Waals surface area contributed by atoms with Crippen molar-refractivity contribution in [2.45, 2.75) is 25.1 Å². The van der Waals surface area contributed by atoms with Gasteiger partial charge in [-0.2, -0.15) is 0 Å². The van der Waals surface area contributed by atoms with Crippen LogP contribution in [0, 0.1) is 11.7 Å². The first-order valence-electron chi connectivity index (χ1n) is 9.11. The van der Waals surface area contributed by atoms with E-state index in [1.165, 1.54) is 17.7 Å². The fourth-order valence-corrected chi connectivity index (χ4v) is 4.08. The van der Waals surface area contributed by atoms with E-state index in [1.54, 1.807) is 12.1 Å². The van der Waals surface area contributed by atoms with Gasteiger partial charge in [0.05, 0.1) is 6.04 Å². The van der Waals surface area contributed by atoms with Crippen molar-refractivity contribution in [2.24, 2.45) is 5.92 Å². The van der Waals surface area contributed by atoms with Crippen molar-refractivity contribution >= 4 is 5.91 Å². The number of nitrogens with zero attached hydrogens (tertiary/aromatic N) is 1. The van der Waals surface area contributed by atoms with Crippen LogP contribution in [0.25, 0.3) is 0 Å². The first kappa shape index (κ1) is 17.2. The first-order valence-corrected chi connectivity index (χ1v) is 9.11. The maximum Gasteiger partial charge on any atom is 0.223 e. The fraction of sp³-hybridized carbons (Fsp3) is 0.381. The number of carbonyl (C=O) groups is 1. The van der Waals surface area contributed by atoms with Gasteiger partial charge in [0, 0.05) is 32.0 Å². The predicted molar refractivity (Wildman–Crippen MR) is 96.0 cm³/mol. The van der Waals surface area contributed by atoms with E-state index < -0.39 is 6.17 Å². The summed E-state index contributed by atoms with van der Waals surface area (Å²) in [5.74, 6) is -0.605. The van der Waals surface area contributed by atoms with Crippen LogP contribution in [0.5, 0.6) is 0 Å². The van der Waals surface area contributed by atoms with Crippen molar-refractivity contribution in [3.63, 3.8) is 0 Å². The Morgan fingerprint density at radius 2 is 1.88 bits per heavy atom. The number of nitrogens with one attached hydrogen (secondary N) is 1. The molecular formula is C21H22F2N2O. The van der Waals surface area contributed by atoms with Crippen LogP contribution in [0.1, 0.15) is 29.2 Å². The van der Waals surface area contributed by atoms with Gasteiger partial charge in [-0.3, -0.25) is 4.79 Å². The normalized spacial score (nSPS) is 25.2. The van der Waals surface area contributed by atoms with Gasteiger partial charge < -0.3 is 10.2 Å². The molecule has 0 radical (unpaired) electrons. The lowest BCUT2D eigenvalue weighted by Gasteiger charge is -2.38. The lowest BCUT2D eigenvalue weighted by molar-refractivity contribution is -0.134. The number of hydrogen-bond acceptors (Lipinski definition) is 2. The minimum Gasteiger partial charge on any atom is -0.331 e. The molecule has 2 aromatic rings. The molecule has 0 aliphatic carbocycles. The SMILES string of the molecule is O=C(C[C@H]1CNC[C@H]1F)N1CCc2ccccc2[C@@H]1c1ccc(F)cc1. The third-order valence-electron chi connectivity index (χ3n) is 5.48. The molecule has 0 saturated carbocycles. The fourth-order valence-electron chi connectivity index (χ4n) is 4.08. The maximum atomic E-state index is 13.9. The van der Waals surface area contributed by atoms with E-state index in [9.17, 15) is 13.6 Å². The monoisotopic (exact) mass is 356 g/mol. The highest BCUT2D eigenvalue weighted by atomic mass is 19.1. The topological polar surface area (TPSA) is 32.3 Å². The summed E-state index contributed by atoms with van der Waals surface area (Å²) in [5.41, 5.74) is 3.16. The van der Waals surface area contributed by atoms with Crippen molar-refractivity contribution in [3.8, 4) is 0 Å². The molecule has 3 atom stereocenters.